The van der Waals surface area contributed by atoms with Crippen LogP contribution in [-0.2, 0) is 19.1 Å². The van der Waals surface area contributed by atoms with E-state index in [-0.39, 0.29) is 47.8 Å². The zero-order valence-corrected chi connectivity index (χ0v) is 22.4. The molecule has 6 nitrogen and oxygen atoms in total. The fourth-order valence-corrected chi connectivity index (χ4v) is 10.3. The summed E-state index contributed by atoms with van der Waals surface area (Å²) in [5.74, 6) is 1.56. The minimum Gasteiger partial charge on any atom is -0.458 e. The lowest BCUT2D eigenvalue weighted by Gasteiger charge is -2.58. The molecule has 0 unspecified atom stereocenters. The number of aliphatic hydroxyl groups excluding tert-OH is 2. The number of hydrogen-bond acceptors (Lipinski definition) is 6. The predicted molar refractivity (Wildman–Crippen MR) is 129 cm³/mol. The Kier molecular flexibility index (Phi) is 5.41. The van der Waals surface area contributed by atoms with Crippen LogP contribution < -0.4 is 0 Å². The second-order valence-electron chi connectivity index (χ2n) is 12.8. The summed E-state index contributed by atoms with van der Waals surface area (Å²) in [5.41, 5.74) is 0.0629. The molecule has 7 heteroatoms. The lowest BCUT2D eigenvalue weighted by molar-refractivity contribution is -0.156. The van der Waals surface area contributed by atoms with E-state index in [0.29, 0.717) is 34.2 Å². The molecule has 0 amide bonds. The van der Waals surface area contributed by atoms with Crippen molar-refractivity contribution in [1.29, 1.82) is 0 Å². The minimum atomic E-state index is -0.741. The summed E-state index contributed by atoms with van der Waals surface area (Å²) in [6, 6.07) is 0. The van der Waals surface area contributed by atoms with Crippen LogP contribution in [0.1, 0.15) is 66.2 Å². The SMILES string of the molecule is CC1=C(CO)C(=O)O[C@@H]([C@@H](C)[C@H]2CC[C@H]3[C@@H]4C[C@H]5O[C@]56[C@@H](O)C=[C]([Al])C(=O)[C@]6(C)[C@H]4CC[C@]23C)C1. The largest absolute Gasteiger partial charge is 0.458 e. The molecule has 6 rings (SSSR count). The van der Waals surface area contributed by atoms with Gasteiger partial charge >= 0.3 is 5.97 Å². The maximum atomic E-state index is 13.6. The Morgan fingerprint density at radius 2 is 1.94 bits per heavy atom. The van der Waals surface area contributed by atoms with Crippen molar-refractivity contribution in [1.82, 2.24) is 0 Å². The van der Waals surface area contributed by atoms with Gasteiger partial charge in [-0.3, -0.25) is 4.79 Å². The molecule has 0 aromatic carbocycles. The van der Waals surface area contributed by atoms with E-state index in [4.69, 9.17) is 9.47 Å². The second-order valence-corrected chi connectivity index (χ2v) is 13.4. The molecule has 2 aliphatic heterocycles. The average molecular weight is 497 g/mol. The van der Waals surface area contributed by atoms with Gasteiger partial charge in [-0.25, -0.2) is 4.79 Å². The van der Waals surface area contributed by atoms with Gasteiger partial charge < -0.3 is 19.7 Å². The number of rotatable bonds is 3. The number of allylic oxidation sites excluding steroid dienone is 1. The lowest BCUT2D eigenvalue weighted by atomic mass is 9.44. The van der Waals surface area contributed by atoms with Gasteiger partial charge in [0.1, 0.15) is 23.6 Å². The highest BCUT2D eigenvalue weighted by atomic mass is 27.0. The van der Waals surface area contributed by atoms with Crippen LogP contribution in [-0.4, -0.2) is 68.8 Å². The summed E-state index contributed by atoms with van der Waals surface area (Å²) < 4.78 is 12.7. The topological polar surface area (TPSA) is 96.4 Å². The number of carbonyl (C=O) groups excluding carboxylic acids is 2. The molecule has 2 radical (unpaired) electrons. The highest BCUT2D eigenvalue weighted by Gasteiger charge is 2.80. The number of epoxide rings is 1. The molecule has 4 fully saturated rings. The fraction of sp³-hybridized carbons (Fsp3) is 0.786. The molecule has 2 heterocycles. The lowest BCUT2D eigenvalue weighted by Crippen LogP contribution is -2.64. The van der Waals surface area contributed by atoms with E-state index in [1.54, 1.807) is 6.08 Å². The van der Waals surface area contributed by atoms with Crippen LogP contribution in [0, 0.1) is 40.4 Å². The van der Waals surface area contributed by atoms with E-state index in [1.807, 2.05) is 6.92 Å². The summed E-state index contributed by atoms with van der Waals surface area (Å²) in [4.78, 5) is 26.1. The molecule has 4 aliphatic carbocycles. The van der Waals surface area contributed by atoms with Crippen LogP contribution in [0.2, 0.25) is 0 Å². The molecular formula is C28H37AlO6. The monoisotopic (exact) mass is 496 g/mol. The van der Waals surface area contributed by atoms with Crippen LogP contribution in [0.3, 0.4) is 0 Å². The third kappa shape index (κ3) is 2.94. The number of ketones is 1. The molecule has 3 saturated carbocycles. The van der Waals surface area contributed by atoms with E-state index in [2.05, 4.69) is 37.1 Å². The van der Waals surface area contributed by atoms with Gasteiger partial charge in [-0.15, -0.1) is 0 Å². The molecule has 0 bridgehead atoms. The van der Waals surface area contributed by atoms with Crippen molar-refractivity contribution in [2.24, 2.45) is 40.4 Å². The molecule has 11 atom stereocenters. The summed E-state index contributed by atoms with van der Waals surface area (Å²) >= 11 is 2.55. The number of fused-ring (bicyclic) bond motifs is 4. The Hall–Kier alpha value is -0.968. The first-order valence-electron chi connectivity index (χ1n) is 13.4. The van der Waals surface area contributed by atoms with Crippen molar-refractivity contribution >= 4 is 28.0 Å². The van der Waals surface area contributed by atoms with Gasteiger partial charge in [0, 0.05) is 6.42 Å². The number of hydrogen-bond donors (Lipinski definition) is 2. The zero-order chi connectivity index (χ0) is 25.1. The average Bonchev–Trinajstić information content (AvgIpc) is 3.45. The van der Waals surface area contributed by atoms with E-state index < -0.39 is 17.1 Å². The number of ether oxygens (including phenoxy) is 2. The third-order valence-electron chi connectivity index (χ3n) is 11.7. The standard InChI is InChI=1S/C28H37O6.Al/c1-14-11-21(33-25(32)17(14)13-29)15(2)18-5-6-19-16-12-24-28(34-24)23(31)8-7-22(30)27(28,4)20(16)9-10-26(18,19)3;/h8,15-16,18-21,23-24,29,31H,5-6,9-13H2,1-4H3;/t15-,16-,18+,19-,20-,21+,23-,24+,26+,27-,28+;/m0./s1. The second kappa shape index (κ2) is 7.77. The molecule has 0 aromatic heterocycles. The Morgan fingerprint density at radius 3 is 2.63 bits per heavy atom. The van der Waals surface area contributed by atoms with Gasteiger partial charge in [0.15, 0.2) is 16.3 Å². The highest BCUT2D eigenvalue weighted by Crippen LogP contribution is 2.73. The van der Waals surface area contributed by atoms with E-state index in [1.165, 1.54) is 0 Å². The van der Waals surface area contributed by atoms with Crippen molar-refractivity contribution in [3.63, 3.8) is 0 Å². The Bertz CT molecular complexity index is 1050. The summed E-state index contributed by atoms with van der Waals surface area (Å²) in [6.45, 7) is 8.42. The smallest absolute Gasteiger partial charge is 0.336 e. The predicted octanol–water partition coefficient (Wildman–Crippen LogP) is 2.85. The van der Waals surface area contributed by atoms with Crippen molar-refractivity contribution in [2.75, 3.05) is 6.61 Å². The molecule has 1 saturated heterocycles. The molecule has 35 heavy (non-hydrogen) atoms. The maximum Gasteiger partial charge on any atom is 0.336 e. The molecule has 6 aliphatic rings. The number of cyclic esters (lactones) is 1. The van der Waals surface area contributed by atoms with Crippen molar-refractivity contribution < 1.29 is 29.3 Å². The highest BCUT2D eigenvalue weighted by molar-refractivity contribution is 6.38. The fourth-order valence-electron chi connectivity index (χ4n) is 9.84. The van der Waals surface area contributed by atoms with E-state index in [9.17, 15) is 19.8 Å². The number of esters is 1. The number of aliphatic hydroxyl groups is 2. The normalized spacial score (nSPS) is 51.5. The first-order chi connectivity index (χ1) is 16.5. The van der Waals surface area contributed by atoms with Crippen LogP contribution >= 0.6 is 0 Å². The molecule has 188 valence electrons. The van der Waals surface area contributed by atoms with Crippen LogP contribution in [0.4, 0.5) is 0 Å². The molecule has 0 aromatic rings. The van der Waals surface area contributed by atoms with Crippen LogP contribution in [0.15, 0.2) is 21.7 Å². The first kappa shape index (κ1) is 24.4. The Morgan fingerprint density at radius 1 is 1.20 bits per heavy atom. The third-order valence-corrected chi connectivity index (χ3v) is 12.2. The van der Waals surface area contributed by atoms with Crippen LogP contribution in [0.25, 0.3) is 0 Å². The maximum absolute atomic E-state index is 13.6. The minimum absolute atomic E-state index is 0.0511. The zero-order valence-electron chi connectivity index (χ0n) is 21.3. The first-order valence-corrected chi connectivity index (χ1v) is 14.0. The van der Waals surface area contributed by atoms with Crippen molar-refractivity contribution in [3.8, 4) is 0 Å². The van der Waals surface area contributed by atoms with Gasteiger partial charge in [-0.1, -0.05) is 29.9 Å². The molecular weight excluding hydrogens is 459 g/mol. The number of carbonyl (C=O) groups is 2. The Labute approximate surface area is 215 Å². The Balaban J connectivity index is 1.28. The summed E-state index contributed by atoms with van der Waals surface area (Å²) in [7, 11) is 0. The van der Waals surface area contributed by atoms with Gasteiger partial charge in [0.2, 0.25) is 0 Å². The summed E-state index contributed by atoms with van der Waals surface area (Å²) in [5, 5.41) is 20.5. The van der Waals surface area contributed by atoms with Gasteiger partial charge in [-0.2, -0.15) is 0 Å². The van der Waals surface area contributed by atoms with Gasteiger partial charge in [-0.05, 0) is 81.0 Å². The van der Waals surface area contributed by atoms with Crippen LogP contribution in [0.5, 0.6) is 0 Å². The van der Waals surface area contributed by atoms with E-state index >= 15 is 0 Å². The quantitative estimate of drug-likeness (QED) is 0.354. The number of Topliss-reactive ketones (excluding diaryl/α,β-unsaturated/α-hetero) is 1. The van der Waals surface area contributed by atoms with Crippen molar-refractivity contribution in [3.05, 3.63) is 21.7 Å². The van der Waals surface area contributed by atoms with E-state index in [0.717, 1.165) is 37.7 Å². The summed E-state index contributed by atoms with van der Waals surface area (Å²) in [6.07, 6.45) is 6.60. The van der Waals surface area contributed by atoms with Gasteiger partial charge in [0.25, 0.3) is 0 Å². The van der Waals surface area contributed by atoms with Crippen molar-refractivity contribution in [2.45, 2.75) is 90.1 Å². The molecule has 2 N–H and O–H groups in total. The molecule has 1 spiro atoms. The van der Waals surface area contributed by atoms with Gasteiger partial charge in [0.05, 0.1) is 23.7 Å².